The van der Waals surface area contributed by atoms with E-state index in [9.17, 15) is 9.59 Å². The molecule has 0 aliphatic carbocycles. The zero-order valence-corrected chi connectivity index (χ0v) is 6.13. The molecule has 2 amide bonds. The van der Waals surface area contributed by atoms with E-state index < -0.39 is 5.91 Å². The van der Waals surface area contributed by atoms with E-state index in [1.165, 1.54) is 0 Å². The molecule has 0 saturated heterocycles. The van der Waals surface area contributed by atoms with E-state index in [0.717, 1.165) is 0 Å². The van der Waals surface area contributed by atoms with Crippen molar-refractivity contribution in [3.05, 3.63) is 41.8 Å². The zero-order chi connectivity index (χ0) is 8.72. The van der Waals surface area contributed by atoms with Crippen LogP contribution in [-0.2, 0) is 0 Å². The minimum absolute atomic E-state index is 0.294. The molecule has 2 radical (unpaired) electrons. The summed E-state index contributed by atoms with van der Waals surface area (Å²) >= 11 is 0. The van der Waals surface area contributed by atoms with Crippen LogP contribution in [0.3, 0.4) is 0 Å². The van der Waals surface area contributed by atoms with Gasteiger partial charge in [-0.1, -0.05) is 12.1 Å². The van der Waals surface area contributed by atoms with Gasteiger partial charge in [-0.15, -0.1) is 0 Å². The third-order valence-electron chi connectivity index (χ3n) is 1.80. The molecule has 58 valence electrons. The average Bonchev–Trinajstić information content (AvgIpc) is 2.29. The van der Waals surface area contributed by atoms with Crippen molar-refractivity contribution < 1.29 is 9.59 Å². The van der Waals surface area contributed by atoms with E-state index >= 15 is 0 Å². The molecule has 1 heterocycles. The van der Waals surface area contributed by atoms with Crippen LogP contribution in [0.2, 0.25) is 0 Å². The van der Waals surface area contributed by atoms with Gasteiger partial charge in [-0.25, -0.2) is 0 Å². The number of imide groups is 1. The Morgan fingerprint density at radius 2 is 1.92 bits per heavy atom. The Hall–Kier alpha value is -1.64. The molecule has 3 heteroatoms. The highest BCUT2D eigenvalue weighted by atomic mass is 16.2. The molecule has 1 aromatic rings. The van der Waals surface area contributed by atoms with E-state index in [-0.39, 0.29) is 5.91 Å². The van der Waals surface area contributed by atoms with Gasteiger partial charge in [0.15, 0.2) is 0 Å². The summed E-state index contributed by atoms with van der Waals surface area (Å²) < 4.78 is 0. The minimum atomic E-state index is -0.409. The van der Waals surface area contributed by atoms with E-state index in [0.29, 0.717) is 16.7 Å². The maximum absolute atomic E-state index is 11.1. The lowest BCUT2D eigenvalue weighted by Gasteiger charge is -1.96. The summed E-state index contributed by atoms with van der Waals surface area (Å²) in [6.07, 6.45) is 0. The van der Waals surface area contributed by atoms with Crippen molar-refractivity contribution in [3.63, 3.8) is 0 Å². The molecule has 0 aromatic heterocycles. The third-order valence-corrected chi connectivity index (χ3v) is 1.80. The summed E-state index contributed by atoms with van der Waals surface area (Å²) in [6, 6.07) is 4.81. The topological polar surface area (TPSA) is 46.2 Å². The van der Waals surface area contributed by atoms with Crippen LogP contribution in [0, 0.1) is 6.92 Å². The molecule has 2 rings (SSSR count). The van der Waals surface area contributed by atoms with Gasteiger partial charge in [0, 0.05) is 0 Å². The minimum Gasteiger partial charge on any atom is -0.288 e. The van der Waals surface area contributed by atoms with Gasteiger partial charge in [-0.3, -0.25) is 14.9 Å². The standard InChI is InChI=1S/C9H5NO2/c1-5-3-2-4-6-7(5)9(12)10-8(6)11/h1-4H,(H,10,11,12). The second-order valence-electron chi connectivity index (χ2n) is 2.55. The van der Waals surface area contributed by atoms with Crippen LogP contribution in [0.4, 0.5) is 0 Å². The molecular weight excluding hydrogens is 154 g/mol. The first-order chi connectivity index (χ1) is 5.70. The van der Waals surface area contributed by atoms with Crippen LogP contribution in [-0.4, -0.2) is 11.8 Å². The van der Waals surface area contributed by atoms with E-state index in [1.807, 2.05) is 0 Å². The second kappa shape index (κ2) is 2.17. The van der Waals surface area contributed by atoms with Gasteiger partial charge in [-0.05, 0) is 18.6 Å². The number of fused-ring (bicyclic) bond motifs is 1. The Morgan fingerprint density at radius 3 is 2.58 bits per heavy atom. The van der Waals surface area contributed by atoms with Gasteiger partial charge in [0.1, 0.15) is 0 Å². The first-order valence-electron chi connectivity index (χ1n) is 3.44. The highest BCUT2D eigenvalue weighted by Gasteiger charge is 2.27. The van der Waals surface area contributed by atoms with Crippen molar-refractivity contribution in [2.45, 2.75) is 0 Å². The molecule has 0 spiro atoms. The largest absolute Gasteiger partial charge is 0.288 e. The van der Waals surface area contributed by atoms with Crippen LogP contribution in [0.15, 0.2) is 18.2 Å². The first kappa shape index (κ1) is 7.03. The van der Waals surface area contributed by atoms with Crippen molar-refractivity contribution >= 4 is 11.8 Å². The first-order valence-corrected chi connectivity index (χ1v) is 3.44. The molecular formula is C9H5NO2. The van der Waals surface area contributed by atoms with Crippen LogP contribution in [0.5, 0.6) is 0 Å². The summed E-state index contributed by atoms with van der Waals surface area (Å²) in [5.74, 6) is -0.782. The van der Waals surface area contributed by atoms with E-state index in [4.69, 9.17) is 6.92 Å². The number of amides is 2. The Morgan fingerprint density at radius 1 is 1.17 bits per heavy atom. The maximum atomic E-state index is 11.1. The predicted octanol–water partition coefficient (Wildman–Crippen LogP) is 0.629. The Labute approximate surface area is 69.4 Å². The molecule has 12 heavy (non-hydrogen) atoms. The highest BCUT2D eigenvalue weighted by molar-refractivity contribution is 6.22. The van der Waals surface area contributed by atoms with Crippen molar-refractivity contribution in [2.24, 2.45) is 0 Å². The molecule has 1 aromatic carbocycles. The van der Waals surface area contributed by atoms with Crippen LogP contribution in [0.1, 0.15) is 26.3 Å². The van der Waals surface area contributed by atoms with Crippen LogP contribution < -0.4 is 5.32 Å². The smallest absolute Gasteiger partial charge is 0.259 e. The molecule has 1 aliphatic rings. The quantitative estimate of drug-likeness (QED) is 0.564. The Bertz CT molecular complexity index is 382. The Kier molecular flexibility index (Phi) is 1.27. The number of nitrogens with one attached hydrogen (secondary N) is 1. The fraction of sp³-hybridized carbons (Fsp3) is 0. The van der Waals surface area contributed by atoms with Crippen LogP contribution >= 0.6 is 0 Å². The van der Waals surface area contributed by atoms with Crippen molar-refractivity contribution in [3.8, 4) is 0 Å². The van der Waals surface area contributed by atoms with Crippen molar-refractivity contribution in [2.75, 3.05) is 0 Å². The number of carbonyl (C=O) groups is 2. The van der Waals surface area contributed by atoms with Gasteiger partial charge >= 0.3 is 0 Å². The summed E-state index contributed by atoms with van der Waals surface area (Å²) in [4.78, 5) is 22.1. The number of hydrogen-bond donors (Lipinski definition) is 1. The Balaban J connectivity index is 2.75. The molecule has 3 nitrogen and oxygen atoms in total. The fourth-order valence-corrected chi connectivity index (χ4v) is 1.25. The normalized spacial score (nSPS) is 14.4. The molecule has 1 N–H and O–H groups in total. The number of carbonyl (C=O) groups excluding carboxylic acids is 2. The molecule has 0 saturated carbocycles. The molecule has 0 atom stereocenters. The second-order valence-corrected chi connectivity index (χ2v) is 2.55. The summed E-state index contributed by atoms with van der Waals surface area (Å²) in [5.41, 5.74) is 0.998. The van der Waals surface area contributed by atoms with Gasteiger partial charge in [0.2, 0.25) is 0 Å². The summed E-state index contributed by atoms with van der Waals surface area (Å²) in [7, 11) is 0. The third kappa shape index (κ3) is 0.763. The van der Waals surface area contributed by atoms with Gasteiger partial charge in [0.05, 0.1) is 11.1 Å². The lowest BCUT2D eigenvalue weighted by atomic mass is 10.0. The van der Waals surface area contributed by atoms with Crippen molar-refractivity contribution in [1.82, 2.24) is 5.32 Å². The van der Waals surface area contributed by atoms with E-state index in [1.54, 1.807) is 18.2 Å². The average molecular weight is 159 g/mol. The lowest BCUT2D eigenvalue weighted by molar-refractivity contribution is 0.0879. The summed E-state index contributed by atoms with van der Waals surface area (Å²) in [5, 5.41) is 2.17. The summed E-state index contributed by atoms with van der Waals surface area (Å²) in [6.45, 7) is 5.51. The molecule has 0 bridgehead atoms. The number of hydrogen-bond acceptors (Lipinski definition) is 2. The maximum Gasteiger partial charge on any atom is 0.259 e. The predicted molar refractivity (Wildman–Crippen MR) is 41.6 cm³/mol. The van der Waals surface area contributed by atoms with Gasteiger partial charge in [-0.2, -0.15) is 0 Å². The molecule has 1 aliphatic heterocycles. The fourth-order valence-electron chi connectivity index (χ4n) is 1.25. The van der Waals surface area contributed by atoms with E-state index in [2.05, 4.69) is 5.32 Å². The molecule has 0 unspecified atom stereocenters. The molecule has 0 fully saturated rings. The lowest BCUT2D eigenvalue weighted by Crippen LogP contribution is -2.20. The number of rotatable bonds is 0. The van der Waals surface area contributed by atoms with Crippen molar-refractivity contribution in [1.29, 1.82) is 0 Å². The van der Waals surface area contributed by atoms with Gasteiger partial charge < -0.3 is 0 Å². The SMILES string of the molecule is [CH]c1cccc2c1C(=O)NC2=O. The van der Waals surface area contributed by atoms with Crippen LogP contribution in [0.25, 0.3) is 0 Å². The highest BCUT2D eigenvalue weighted by Crippen LogP contribution is 2.18. The monoisotopic (exact) mass is 159 g/mol. The zero-order valence-electron chi connectivity index (χ0n) is 6.13. The number of benzene rings is 1. The van der Waals surface area contributed by atoms with Gasteiger partial charge in [0.25, 0.3) is 11.8 Å².